The van der Waals surface area contributed by atoms with E-state index in [9.17, 15) is 71.3 Å². The van der Waals surface area contributed by atoms with Gasteiger partial charge in [0.2, 0.25) is 20.8 Å². The number of hydrogen-bond acceptors (Lipinski definition) is 28. The van der Waals surface area contributed by atoms with Gasteiger partial charge in [-0.25, -0.2) is 16.8 Å². The molecule has 9 aliphatic rings. The largest absolute Gasteiger partial charge is 1.00 e. The zero-order valence-electron chi connectivity index (χ0n) is 51.2. The number of esters is 2. The van der Waals surface area contributed by atoms with Crippen molar-refractivity contribution in [3.05, 3.63) is 23.3 Å². The monoisotopic (exact) mass is 1300 g/mol. The Labute approximate surface area is 551 Å². The van der Waals surface area contributed by atoms with Crippen LogP contribution in [0.25, 0.3) is 0 Å². The second-order valence-corrected chi connectivity index (χ2v) is 28.1. The van der Waals surface area contributed by atoms with Crippen molar-refractivity contribution in [2.75, 3.05) is 26.9 Å². The summed E-state index contributed by atoms with van der Waals surface area (Å²) in [4.78, 5) is 27.5. The molecule has 0 amide bonds. The Morgan fingerprint density at radius 1 is 0.736 bits per heavy atom. The number of allylic oxidation sites excluding steroid dienone is 4. The van der Waals surface area contributed by atoms with Gasteiger partial charge in [-0.3, -0.25) is 18.0 Å². The number of aliphatic hydroxyl groups excluding tert-OH is 7. The first-order chi connectivity index (χ1) is 39.5. The van der Waals surface area contributed by atoms with Crippen molar-refractivity contribution in [1.29, 1.82) is 0 Å². The van der Waals surface area contributed by atoms with Gasteiger partial charge in [0.1, 0.15) is 85.0 Å². The average Bonchev–Trinajstić information content (AvgIpc) is 1.53. The first kappa shape index (κ1) is 73.9. The zero-order valence-corrected chi connectivity index (χ0v) is 56.9. The van der Waals surface area contributed by atoms with E-state index >= 15 is 0 Å². The van der Waals surface area contributed by atoms with Crippen LogP contribution < -0.4 is 59.1 Å². The Balaban J connectivity index is 0.00000541. The molecule has 28 nitrogen and oxygen atoms in total. The van der Waals surface area contributed by atoms with Gasteiger partial charge in [-0.2, -0.15) is 0 Å². The van der Waals surface area contributed by atoms with E-state index in [0.717, 1.165) is 11.1 Å². The van der Waals surface area contributed by atoms with E-state index in [2.05, 4.69) is 30.2 Å². The summed E-state index contributed by atoms with van der Waals surface area (Å²) in [6.07, 6.45) is -25.3. The number of hydrogen-bond donors (Lipinski definition) is 7. The second kappa shape index (κ2) is 27.7. The van der Waals surface area contributed by atoms with Crippen molar-refractivity contribution >= 4 is 32.7 Å². The van der Waals surface area contributed by atoms with Crippen LogP contribution in [0.15, 0.2) is 23.3 Å². The molecule has 0 aromatic carbocycles. The third-order valence-electron chi connectivity index (χ3n) is 20.4. The Bertz CT molecular complexity index is 2740. The van der Waals surface area contributed by atoms with Crippen molar-refractivity contribution in [1.82, 2.24) is 0 Å². The van der Waals surface area contributed by atoms with Crippen molar-refractivity contribution in [2.24, 2.45) is 39.4 Å². The smallest absolute Gasteiger partial charge is 0.726 e. The van der Waals surface area contributed by atoms with Gasteiger partial charge in [0.25, 0.3) is 0 Å². The summed E-state index contributed by atoms with van der Waals surface area (Å²) in [5, 5.41) is 77.3. The molecule has 486 valence electrons. The van der Waals surface area contributed by atoms with Crippen LogP contribution in [-0.4, -0.2) is 229 Å². The number of ether oxygens (including phenoxy) is 11. The van der Waals surface area contributed by atoms with Crippen LogP contribution in [0.3, 0.4) is 0 Å². The molecule has 0 radical (unpaired) electrons. The van der Waals surface area contributed by atoms with Crippen LogP contribution in [0.2, 0.25) is 0 Å². The van der Waals surface area contributed by atoms with Crippen molar-refractivity contribution in [3.8, 4) is 0 Å². The van der Waals surface area contributed by atoms with E-state index in [1.807, 2.05) is 34.6 Å². The fourth-order valence-corrected chi connectivity index (χ4v) is 17.5. The third kappa shape index (κ3) is 14.0. The van der Waals surface area contributed by atoms with Crippen molar-refractivity contribution in [2.45, 2.75) is 242 Å². The Hall–Kier alpha value is -0.480. The van der Waals surface area contributed by atoms with Crippen LogP contribution in [0.5, 0.6) is 0 Å². The first-order valence-corrected chi connectivity index (χ1v) is 31.6. The van der Waals surface area contributed by atoms with Crippen LogP contribution in [-0.2, 0) is 90.9 Å². The molecular weight excluding hydrogens is 1220 g/mol. The van der Waals surface area contributed by atoms with E-state index in [1.54, 1.807) is 0 Å². The molecule has 3 saturated carbocycles. The van der Waals surface area contributed by atoms with Gasteiger partial charge in [0, 0.05) is 19.4 Å². The summed E-state index contributed by atoms with van der Waals surface area (Å²) in [6.45, 7) is 14.9. The first-order valence-electron chi connectivity index (χ1n) is 29.0. The molecule has 8 fully saturated rings. The minimum Gasteiger partial charge on any atom is -0.726 e. The molecule has 32 heteroatoms. The number of methoxy groups -OCH3 is 1. The van der Waals surface area contributed by atoms with Gasteiger partial charge >= 0.3 is 71.1 Å². The molecule has 5 heterocycles. The molecule has 0 aromatic rings. The van der Waals surface area contributed by atoms with E-state index in [1.165, 1.54) is 21.0 Å². The molecule has 0 aromatic heterocycles. The topological polar surface area (TPSA) is 410 Å². The summed E-state index contributed by atoms with van der Waals surface area (Å²) >= 11 is 0. The standard InChI is InChI=1S/C55H86O28S2.2Na/c1-24(2)12-11-17-54(9)45-30(75-26(4)57)20-53(8)28-13-14-33-51(5,6)34(16-18-52(33,7)27(28)15-19-55(45,53)50(64)81-54)77-48-43(36(60)32(23-73-48)82-84(65,66)67)80-49-44(83-85(68,69)70)37(61)40(25(3)74-49)78-46-38(62)41(29(58)22-72-46)79-47-39(63)42(71-10)35(59)31(21-56)76-47;;/h12-13,25,27,29-49,56,58-63H,11,14-23H2,1-10H3,(H,65,66,67)(H,68,69,70);;/q;2*+1/p-2/t25-,27-,29-,30+,31-,32-,33?,34+,35-,36+,37+,38-,39-,40-,41+,42+,43-,44-,45-,46+,47+,48+,49+,52-,53+,54+,55-;;/m1../s1. The Kier molecular flexibility index (Phi) is 23.5. The summed E-state index contributed by atoms with van der Waals surface area (Å²) in [5.74, 6) is -1.25. The number of aliphatic hydroxyl groups is 7. The Morgan fingerprint density at radius 2 is 1.37 bits per heavy atom. The SMILES string of the molecule is CO[C@@H]1[C@@H](O)[C@H](O[C@@H]2[C@@H](O)[C@H](O[C@H]3[C@H](O)[C@@H](OS(=O)(=O)[O-])[C@H](O[C@H]4[C@H](O[C@H]5CC[C@@]6(C)C(CC=C7[C@H]6CC[C@]68C(=O)O[C@@](C)(CCC=C(C)C)[C@H]6[C@@H](OC(C)=O)C[C@@]78C)C5(C)C)OC[C@@H](OS(=O)(=O)[O-])[C@@H]4O)O[C@@H]3C)OC[C@H]2O)O[C@H](CO)[C@H]1O.[Na+].[Na+]. The summed E-state index contributed by atoms with van der Waals surface area (Å²) in [6, 6.07) is 0. The Morgan fingerprint density at radius 3 is 1.99 bits per heavy atom. The van der Waals surface area contributed by atoms with E-state index in [4.69, 9.17) is 56.3 Å². The molecule has 1 spiro atoms. The molecular formula is C55H84Na2O28S2. The molecule has 5 aliphatic heterocycles. The minimum atomic E-state index is -5.79. The fourth-order valence-electron chi connectivity index (χ4n) is 16.5. The van der Waals surface area contributed by atoms with Gasteiger partial charge in [-0.05, 0) is 102 Å². The van der Waals surface area contributed by atoms with Crippen LogP contribution in [0.4, 0.5) is 0 Å². The molecule has 1 unspecified atom stereocenters. The molecule has 0 bridgehead atoms. The fraction of sp³-hybridized carbons (Fsp3) is 0.891. The maximum Gasteiger partial charge on any atom is 1.00 e. The zero-order chi connectivity index (χ0) is 62.5. The molecule has 9 rings (SSSR count). The van der Waals surface area contributed by atoms with Crippen LogP contribution in [0, 0.1) is 39.4 Å². The number of rotatable bonds is 18. The van der Waals surface area contributed by atoms with Crippen molar-refractivity contribution < 1.29 is 191 Å². The second-order valence-electron chi connectivity index (χ2n) is 26.1. The van der Waals surface area contributed by atoms with Crippen LogP contribution in [0.1, 0.15) is 114 Å². The summed E-state index contributed by atoms with van der Waals surface area (Å²) in [7, 11) is -10.2. The van der Waals surface area contributed by atoms with E-state index in [-0.39, 0.29) is 76.9 Å². The normalized spacial score (nSPS) is 46.9. The molecule has 27 atom stereocenters. The molecule has 87 heavy (non-hydrogen) atoms. The van der Waals surface area contributed by atoms with Gasteiger partial charge in [-0.15, -0.1) is 0 Å². The molecule has 7 N–H and O–H groups in total. The predicted octanol–water partition coefficient (Wildman–Crippen LogP) is -6.23. The quantitative estimate of drug-likeness (QED) is 0.0221. The van der Waals surface area contributed by atoms with Crippen molar-refractivity contribution in [3.63, 3.8) is 0 Å². The number of fused-ring (bicyclic) bond motifs is 4. The number of cyclic esters (lactones) is 1. The van der Waals surface area contributed by atoms with Gasteiger partial charge in [0.05, 0.1) is 43.4 Å². The predicted molar refractivity (Wildman–Crippen MR) is 282 cm³/mol. The number of carbonyl (C=O) groups excluding carboxylic acids is 2. The molecule has 5 saturated heterocycles. The van der Waals surface area contributed by atoms with Gasteiger partial charge < -0.3 is 97.0 Å². The average molecular weight is 1300 g/mol. The maximum absolute atomic E-state index is 14.7. The minimum absolute atomic E-state index is 0. The van der Waals surface area contributed by atoms with Gasteiger partial charge in [0.15, 0.2) is 31.3 Å². The third-order valence-corrected chi connectivity index (χ3v) is 21.3. The summed E-state index contributed by atoms with van der Waals surface area (Å²) in [5.41, 5.74) is -1.46. The van der Waals surface area contributed by atoms with Crippen LogP contribution >= 0.6 is 0 Å². The molecule has 4 aliphatic carbocycles. The maximum atomic E-state index is 14.7. The number of carbonyl (C=O) groups is 2. The van der Waals surface area contributed by atoms with Gasteiger partial charge in [-0.1, -0.05) is 51.0 Å². The van der Waals surface area contributed by atoms with E-state index in [0.29, 0.717) is 51.4 Å². The summed E-state index contributed by atoms with van der Waals surface area (Å²) < 4.78 is 148. The van der Waals surface area contributed by atoms with E-state index < -0.39 is 203 Å².